The third-order valence-corrected chi connectivity index (χ3v) is 9.10. The van der Waals surface area contributed by atoms with Crippen molar-refractivity contribution in [1.82, 2.24) is 9.59 Å². The topological polar surface area (TPSA) is 25.8 Å². The van der Waals surface area contributed by atoms with E-state index in [2.05, 4.69) is 77.2 Å². The van der Waals surface area contributed by atoms with Gasteiger partial charge in [-0.25, -0.2) is 0 Å². The SMILES string of the molecule is CCC1c2nnsc2C(c2ccccc2)[Se]C1c1ccccc1. The van der Waals surface area contributed by atoms with Crippen molar-refractivity contribution in [2.75, 3.05) is 0 Å². The van der Waals surface area contributed by atoms with Crippen LogP contribution in [0.3, 0.4) is 0 Å². The van der Waals surface area contributed by atoms with Crippen LogP contribution >= 0.6 is 11.5 Å². The molecular formula is C19H18N2SSe. The monoisotopic (exact) mass is 386 g/mol. The summed E-state index contributed by atoms with van der Waals surface area (Å²) < 4.78 is 4.31. The van der Waals surface area contributed by atoms with Crippen LogP contribution in [0.2, 0.25) is 0 Å². The third-order valence-electron chi connectivity index (χ3n) is 4.45. The van der Waals surface area contributed by atoms with Crippen LogP contribution in [-0.2, 0) is 0 Å². The van der Waals surface area contributed by atoms with E-state index in [0.717, 1.165) is 6.42 Å². The van der Waals surface area contributed by atoms with E-state index in [9.17, 15) is 0 Å². The standard InChI is InChI=1S/C19H18N2SSe/c1-2-15-16-17(22-21-20-16)19(14-11-7-4-8-12-14)23-18(15)13-9-5-3-6-10-13/h3-12,15,18-19H,2H2,1H3. The second kappa shape index (κ2) is 6.56. The fraction of sp³-hybridized carbons (Fsp3) is 0.263. The van der Waals surface area contributed by atoms with Gasteiger partial charge >= 0.3 is 147 Å². The number of hydrogen-bond acceptors (Lipinski definition) is 3. The van der Waals surface area contributed by atoms with Crippen LogP contribution in [0.15, 0.2) is 60.7 Å². The molecule has 4 rings (SSSR count). The molecule has 3 unspecified atom stereocenters. The first-order valence-corrected chi connectivity index (χ1v) is 10.7. The fourth-order valence-electron chi connectivity index (χ4n) is 3.31. The molecule has 0 spiro atoms. The van der Waals surface area contributed by atoms with Crippen LogP contribution in [0, 0.1) is 0 Å². The van der Waals surface area contributed by atoms with E-state index in [4.69, 9.17) is 0 Å². The van der Waals surface area contributed by atoms with Crippen LogP contribution < -0.4 is 0 Å². The van der Waals surface area contributed by atoms with Crippen molar-refractivity contribution in [3.05, 3.63) is 82.4 Å². The van der Waals surface area contributed by atoms with Gasteiger partial charge in [-0.1, -0.05) is 0 Å². The number of fused-ring (bicyclic) bond motifs is 1. The molecule has 2 nitrogen and oxygen atoms in total. The maximum absolute atomic E-state index is 4.54. The molecule has 0 bridgehead atoms. The van der Waals surface area contributed by atoms with Crippen LogP contribution in [-0.4, -0.2) is 24.5 Å². The van der Waals surface area contributed by atoms with Gasteiger partial charge in [0.05, 0.1) is 0 Å². The van der Waals surface area contributed by atoms with E-state index in [1.807, 2.05) is 0 Å². The summed E-state index contributed by atoms with van der Waals surface area (Å²) in [6, 6.07) is 21.9. The number of hydrogen-bond donors (Lipinski definition) is 0. The van der Waals surface area contributed by atoms with Crippen molar-refractivity contribution in [3.8, 4) is 0 Å². The average molecular weight is 385 g/mol. The average Bonchev–Trinajstić information content (AvgIpc) is 3.11. The van der Waals surface area contributed by atoms with Gasteiger partial charge in [-0.2, -0.15) is 0 Å². The summed E-state index contributed by atoms with van der Waals surface area (Å²) in [4.78, 5) is 2.46. The molecule has 1 aliphatic rings. The van der Waals surface area contributed by atoms with E-state index >= 15 is 0 Å². The van der Waals surface area contributed by atoms with E-state index in [0.29, 0.717) is 30.5 Å². The second-order valence-electron chi connectivity index (χ2n) is 5.80. The van der Waals surface area contributed by atoms with Crippen LogP contribution in [0.1, 0.15) is 50.6 Å². The van der Waals surface area contributed by atoms with Crippen LogP contribution in [0.5, 0.6) is 0 Å². The Morgan fingerprint density at radius 2 is 1.61 bits per heavy atom. The van der Waals surface area contributed by atoms with Crippen molar-refractivity contribution in [3.63, 3.8) is 0 Å². The molecule has 2 aromatic carbocycles. The Kier molecular flexibility index (Phi) is 4.30. The summed E-state index contributed by atoms with van der Waals surface area (Å²) in [7, 11) is 0. The molecule has 2 heterocycles. The van der Waals surface area contributed by atoms with Gasteiger partial charge in [-0.3, -0.25) is 0 Å². The predicted molar refractivity (Wildman–Crippen MR) is 96.2 cm³/mol. The van der Waals surface area contributed by atoms with E-state index < -0.39 is 0 Å². The molecule has 1 aromatic heterocycles. The molecule has 3 atom stereocenters. The molecule has 0 radical (unpaired) electrons. The number of nitrogens with zero attached hydrogens (tertiary/aromatic N) is 2. The van der Waals surface area contributed by atoms with E-state index in [1.54, 1.807) is 11.5 Å². The summed E-state index contributed by atoms with van der Waals surface area (Å²) in [6.07, 6.45) is 1.13. The molecule has 23 heavy (non-hydrogen) atoms. The Hall–Kier alpha value is -1.48. The van der Waals surface area contributed by atoms with Crippen molar-refractivity contribution in [2.45, 2.75) is 28.9 Å². The maximum atomic E-state index is 4.54. The fourth-order valence-corrected chi connectivity index (χ4v) is 8.12. The molecule has 4 heteroatoms. The molecule has 3 aromatic rings. The Morgan fingerprint density at radius 3 is 2.26 bits per heavy atom. The Labute approximate surface area is 147 Å². The first kappa shape index (κ1) is 15.1. The predicted octanol–water partition coefficient (Wildman–Crippen LogP) is 4.58. The molecule has 0 saturated heterocycles. The van der Waals surface area contributed by atoms with Gasteiger partial charge in [0.15, 0.2) is 0 Å². The number of benzene rings is 2. The Morgan fingerprint density at radius 1 is 0.957 bits per heavy atom. The molecule has 0 amide bonds. The molecule has 116 valence electrons. The zero-order valence-corrected chi connectivity index (χ0v) is 15.5. The van der Waals surface area contributed by atoms with E-state index in [-0.39, 0.29) is 0 Å². The van der Waals surface area contributed by atoms with Crippen LogP contribution in [0.25, 0.3) is 0 Å². The molecular weight excluding hydrogens is 367 g/mol. The van der Waals surface area contributed by atoms with Gasteiger partial charge in [0.2, 0.25) is 0 Å². The van der Waals surface area contributed by atoms with Gasteiger partial charge < -0.3 is 0 Å². The third kappa shape index (κ3) is 2.76. The Bertz CT molecular complexity index is 772. The second-order valence-corrected chi connectivity index (χ2v) is 9.21. The normalized spacial score (nSPS) is 23.4. The summed E-state index contributed by atoms with van der Waals surface area (Å²) in [5.41, 5.74) is 4.11. The van der Waals surface area contributed by atoms with Gasteiger partial charge in [-0.15, -0.1) is 0 Å². The first-order chi connectivity index (χ1) is 11.4. The quantitative estimate of drug-likeness (QED) is 0.617. The van der Waals surface area contributed by atoms with Gasteiger partial charge in [0.25, 0.3) is 0 Å². The van der Waals surface area contributed by atoms with Gasteiger partial charge in [0.1, 0.15) is 0 Å². The van der Waals surface area contributed by atoms with Crippen LogP contribution in [0.4, 0.5) is 0 Å². The van der Waals surface area contributed by atoms with Gasteiger partial charge in [0, 0.05) is 0 Å². The summed E-state index contributed by atoms with van der Waals surface area (Å²) in [5.74, 6) is 0.506. The molecule has 0 fully saturated rings. The zero-order chi connectivity index (χ0) is 15.6. The minimum atomic E-state index is 0.463. The van der Waals surface area contributed by atoms with Crippen molar-refractivity contribution in [2.24, 2.45) is 0 Å². The van der Waals surface area contributed by atoms with Crippen molar-refractivity contribution >= 4 is 26.5 Å². The molecule has 0 aliphatic carbocycles. The Balaban J connectivity index is 1.81. The molecule has 0 N–H and O–H groups in total. The van der Waals surface area contributed by atoms with E-state index in [1.165, 1.54) is 21.7 Å². The number of rotatable bonds is 3. The minimum absolute atomic E-state index is 0.463. The first-order valence-electron chi connectivity index (χ1n) is 7.96. The number of aromatic nitrogens is 2. The molecule has 1 aliphatic heterocycles. The summed E-state index contributed by atoms with van der Waals surface area (Å²) in [6.45, 7) is 2.28. The zero-order valence-electron chi connectivity index (χ0n) is 12.9. The van der Waals surface area contributed by atoms with Crippen molar-refractivity contribution in [1.29, 1.82) is 0 Å². The summed E-state index contributed by atoms with van der Waals surface area (Å²) in [5, 5.41) is 4.54. The summed E-state index contributed by atoms with van der Waals surface area (Å²) >= 11 is 2.06. The van der Waals surface area contributed by atoms with Gasteiger partial charge in [-0.05, 0) is 0 Å². The van der Waals surface area contributed by atoms with Crippen molar-refractivity contribution < 1.29 is 0 Å². The molecule has 0 saturated carbocycles.